The minimum absolute atomic E-state index is 0.145. The molecule has 0 aromatic heterocycles. The fourth-order valence-electron chi connectivity index (χ4n) is 3.08. The number of nitrogens with one attached hydrogen (secondary N) is 1. The van der Waals surface area contributed by atoms with Crippen molar-refractivity contribution in [2.75, 3.05) is 5.73 Å². The molecule has 0 radical (unpaired) electrons. The van der Waals surface area contributed by atoms with Crippen molar-refractivity contribution < 1.29 is 5.11 Å². The van der Waals surface area contributed by atoms with Crippen LogP contribution in [-0.2, 0) is 6.42 Å². The van der Waals surface area contributed by atoms with Crippen molar-refractivity contribution in [2.24, 2.45) is 0 Å². The van der Waals surface area contributed by atoms with E-state index in [1.54, 1.807) is 0 Å². The van der Waals surface area contributed by atoms with Gasteiger partial charge in [0.1, 0.15) is 0 Å². The molecule has 1 heterocycles. The number of benzene rings is 2. The molecule has 21 heavy (non-hydrogen) atoms. The van der Waals surface area contributed by atoms with Crippen molar-refractivity contribution in [3.05, 3.63) is 65.7 Å². The highest BCUT2D eigenvalue weighted by molar-refractivity contribution is 5.39. The predicted molar refractivity (Wildman–Crippen MR) is 85.9 cm³/mol. The van der Waals surface area contributed by atoms with Crippen LogP contribution in [0, 0.1) is 0 Å². The third-order valence-electron chi connectivity index (χ3n) is 4.26. The van der Waals surface area contributed by atoms with Crippen LogP contribution in [0.5, 0.6) is 0 Å². The van der Waals surface area contributed by atoms with E-state index in [1.807, 2.05) is 42.5 Å². The number of anilines is 1. The molecule has 1 fully saturated rings. The Kier molecular flexibility index (Phi) is 4.23. The number of rotatable bonds is 4. The lowest BCUT2D eigenvalue weighted by Crippen LogP contribution is -2.35. The normalized spacial score (nSPS) is 23.1. The second kappa shape index (κ2) is 6.29. The van der Waals surface area contributed by atoms with Crippen LogP contribution in [0.3, 0.4) is 0 Å². The van der Waals surface area contributed by atoms with Crippen molar-refractivity contribution in [3.63, 3.8) is 0 Å². The van der Waals surface area contributed by atoms with Gasteiger partial charge in [0.25, 0.3) is 0 Å². The summed E-state index contributed by atoms with van der Waals surface area (Å²) < 4.78 is 0. The zero-order valence-electron chi connectivity index (χ0n) is 12.1. The molecule has 0 bridgehead atoms. The molecule has 0 aliphatic carbocycles. The molecule has 1 aliphatic heterocycles. The zero-order valence-corrected chi connectivity index (χ0v) is 12.1. The van der Waals surface area contributed by atoms with Gasteiger partial charge in [0, 0.05) is 17.8 Å². The van der Waals surface area contributed by atoms with E-state index in [0.717, 1.165) is 30.5 Å². The first-order chi connectivity index (χ1) is 10.2. The lowest BCUT2D eigenvalue weighted by atomic mass is 10.0. The first kappa shape index (κ1) is 14.1. The molecule has 0 amide bonds. The van der Waals surface area contributed by atoms with Crippen LogP contribution in [0.15, 0.2) is 54.6 Å². The lowest BCUT2D eigenvalue weighted by Gasteiger charge is -2.20. The smallest absolute Gasteiger partial charge is 0.0943 e. The van der Waals surface area contributed by atoms with Gasteiger partial charge in [-0.2, -0.15) is 0 Å². The molecule has 3 atom stereocenters. The van der Waals surface area contributed by atoms with Crippen LogP contribution in [0.4, 0.5) is 5.69 Å². The average molecular weight is 282 g/mol. The standard InChI is InChI=1S/C18H22N2O/c19-15-8-6-13(7-9-15)12-16-10-11-17(20-16)18(21)14-4-2-1-3-5-14/h1-9,16-18,20-21H,10-12,19H2/t16-,17+,18+/m0/s1. The summed E-state index contributed by atoms with van der Waals surface area (Å²) in [7, 11) is 0. The number of aliphatic hydroxyl groups is 1. The summed E-state index contributed by atoms with van der Waals surface area (Å²) >= 11 is 0. The highest BCUT2D eigenvalue weighted by Crippen LogP contribution is 2.26. The number of nitrogen functional groups attached to an aromatic ring is 1. The van der Waals surface area contributed by atoms with Crippen molar-refractivity contribution in [1.82, 2.24) is 5.32 Å². The van der Waals surface area contributed by atoms with Crippen molar-refractivity contribution in [2.45, 2.75) is 37.5 Å². The van der Waals surface area contributed by atoms with E-state index >= 15 is 0 Å². The molecule has 0 saturated carbocycles. The highest BCUT2D eigenvalue weighted by Gasteiger charge is 2.29. The first-order valence-corrected chi connectivity index (χ1v) is 7.56. The van der Waals surface area contributed by atoms with E-state index in [-0.39, 0.29) is 6.04 Å². The van der Waals surface area contributed by atoms with Crippen molar-refractivity contribution >= 4 is 5.69 Å². The maximum absolute atomic E-state index is 10.5. The number of hydrogen-bond acceptors (Lipinski definition) is 3. The van der Waals surface area contributed by atoms with Crippen LogP contribution >= 0.6 is 0 Å². The Hall–Kier alpha value is -1.84. The van der Waals surface area contributed by atoms with Crippen LogP contribution in [-0.4, -0.2) is 17.2 Å². The van der Waals surface area contributed by atoms with Crippen LogP contribution in [0.1, 0.15) is 30.1 Å². The molecule has 1 saturated heterocycles. The maximum atomic E-state index is 10.5. The molecule has 0 spiro atoms. The van der Waals surface area contributed by atoms with Gasteiger partial charge in [-0.1, -0.05) is 42.5 Å². The molecule has 3 heteroatoms. The van der Waals surface area contributed by atoms with E-state index in [4.69, 9.17) is 5.73 Å². The second-order valence-corrected chi connectivity index (χ2v) is 5.85. The monoisotopic (exact) mass is 282 g/mol. The Morgan fingerprint density at radius 3 is 2.48 bits per heavy atom. The van der Waals surface area contributed by atoms with Crippen molar-refractivity contribution in [1.29, 1.82) is 0 Å². The maximum Gasteiger partial charge on any atom is 0.0943 e. The third kappa shape index (κ3) is 3.43. The molecular weight excluding hydrogens is 260 g/mol. The molecule has 0 unspecified atom stereocenters. The van der Waals surface area contributed by atoms with E-state index in [1.165, 1.54) is 5.56 Å². The zero-order chi connectivity index (χ0) is 14.7. The Morgan fingerprint density at radius 2 is 1.76 bits per heavy atom. The Labute approximate surface area is 125 Å². The van der Waals surface area contributed by atoms with Crippen molar-refractivity contribution in [3.8, 4) is 0 Å². The summed E-state index contributed by atoms with van der Waals surface area (Å²) in [6.45, 7) is 0. The molecular formula is C18H22N2O. The van der Waals surface area contributed by atoms with E-state index in [2.05, 4.69) is 17.4 Å². The van der Waals surface area contributed by atoms with Gasteiger partial charge >= 0.3 is 0 Å². The molecule has 1 aliphatic rings. The molecule has 4 N–H and O–H groups in total. The summed E-state index contributed by atoms with van der Waals surface area (Å²) in [5.74, 6) is 0. The highest BCUT2D eigenvalue weighted by atomic mass is 16.3. The van der Waals surface area contributed by atoms with Gasteiger partial charge in [-0.05, 0) is 42.5 Å². The van der Waals surface area contributed by atoms with Gasteiger partial charge in [-0.25, -0.2) is 0 Å². The topological polar surface area (TPSA) is 58.3 Å². The summed E-state index contributed by atoms with van der Waals surface area (Å²) in [6.07, 6.45) is 2.66. The summed E-state index contributed by atoms with van der Waals surface area (Å²) in [4.78, 5) is 0. The fourth-order valence-corrected chi connectivity index (χ4v) is 3.08. The van der Waals surface area contributed by atoms with E-state index in [0.29, 0.717) is 6.04 Å². The molecule has 2 aromatic rings. The summed E-state index contributed by atoms with van der Waals surface area (Å²) in [6, 6.07) is 18.5. The third-order valence-corrected chi connectivity index (χ3v) is 4.26. The van der Waals surface area contributed by atoms with Gasteiger partial charge in [0.2, 0.25) is 0 Å². The number of nitrogens with two attached hydrogens (primary N) is 1. The molecule has 110 valence electrons. The first-order valence-electron chi connectivity index (χ1n) is 7.56. The quantitative estimate of drug-likeness (QED) is 0.756. The molecule has 3 nitrogen and oxygen atoms in total. The minimum Gasteiger partial charge on any atom is -0.399 e. The molecule has 3 rings (SSSR count). The van der Waals surface area contributed by atoms with Crippen LogP contribution in [0.25, 0.3) is 0 Å². The SMILES string of the molecule is Nc1ccc(C[C@@H]2CC[C@H]([C@H](O)c3ccccc3)N2)cc1. The van der Waals surface area contributed by atoms with Gasteiger partial charge in [0.15, 0.2) is 0 Å². The Bertz CT molecular complexity index is 568. The predicted octanol–water partition coefficient (Wildman–Crippen LogP) is 2.67. The second-order valence-electron chi connectivity index (χ2n) is 5.85. The average Bonchev–Trinajstić information content (AvgIpc) is 2.98. The van der Waals surface area contributed by atoms with Gasteiger partial charge in [0.05, 0.1) is 6.10 Å². The number of aliphatic hydroxyl groups excluding tert-OH is 1. The van der Waals surface area contributed by atoms with E-state index < -0.39 is 6.10 Å². The summed E-state index contributed by atoms with van der Waals surface area (Å²) in [5.41, 5.74) is 8.79. The Morgan fingerprint density at radius 1 is 1.05 bits per heavy atom. The van der Waals surface area contributed by atoms with Gasteiger partial charge in [-0.3, -0.25) is 0 Å². The minimum atomic E-state index is -0.428. The molecule has 2 aromatic carbocycles. The lowest BCUT2D eigenvalue weighted by molar-refractivity contribution is 0.135. The largest absolute Gasteiger partial charge is 0.399 e. The van der Waals surface area contributed by atoms with Gasteiger partial charge < -0.3 is 16.2 Å². The fraction of sp³-hybridized carbons (Fsp3) is 0.333. The Balaban J connectivity index is 1.59. The van der Waals surface area contributed by atoms with Gasteiger partial charge in [-0.15, -0.1) is 0 Å². The van der Waals surface area contributed by atoms with E-state index in [9.17, 15) is 5.11 Å². The summed E-state index contributed by atoms with van der Waals surface area (Å²) in [5, 5.41) is 14.0. The van der Waals surface area contributed by atoms with Crippen LogP contribution < -0.4 is 11.1 Å². The van der Waals surface area contributed by atoms with Crippen LogP contribution in [0.2, 0.25) is 0 Å². The number of hydrogen-bond donors (Lipinski definition) is 3.